The maximum atomic E-state index is 13.4. The van der Waals surface area contributed by atoms with Crippen LogP contribution < -0.4 is 0 Å². The fraction of sp³-hybridized carbons (Fsp3) is 0.450. The molecule has 0 bridgehead atoms. The van der Waals surface area contributed by atoms with Crippen molar-refractivity contribution in [1.82, 2.24) is 9.21 Å². The molecule has 2 unspecified atom stereocenters. The molecule has 2 atom stereocenters. The van der Waals surface area contributed by atoms with Crippen molar-refractivity contribution in [3.05, 3.63) is 42.5 Å². The van der Waals surface area contributed by atoms with Gasteiger partial charge in [0.15, 0.2) is 0 Å². The van der Waals surface area contributed by atoms with E-state index in [9.17, 15) is 18.3 Å². The summed E-state index contributed by atoms with van der Waals surface area (Å²) in [5.74, 6) is -0.187. The molecular formula is C20H24N2O4S2. The summed E-state index contributed by atoms with van der Waals surface area (Å²) in [6.07, 6.45) is 1.07. The first-order valence-electron chi connectivity index (χ1n) is 9.52. The molecule has 1 amide bonds. The van der Waals surface area contributed by atoms with E-state index in [-0.39, 0.29) is 28.7 Å². The van der Waals surface area contributed by atoms with Crippen LogP contribution >= 0.6 is 12.6 Å². The fourth-order valence-electron chi connectivity index (χ4n) is 4.03. The summed E-state index contributed by atoms with van der Waals surface area (Å²) in [5, 5.41) is 11.3. The molecule has 2 aromatic carbocycles. The lowest BCUT2D eigenvalue weighted by molar-refractivity contribution is -0.136. The van der Waals surface area contributed by atoms with E-state index in [0.717, 1.165) is 10.8 Å². The number of rotatable bonds is 3. The van der Waals surface area contributed by atoms with Gasteiger partial charge in [0.2, 0.25) is 15.9 Å². The average Bonchev–Trinajstić information content (AvgIpc) is 3.10. The van der Waals surface area contributed by atoms with Crippen LogP contribution in [0.4, 0.5) is 0 Å². The van der Waals surface area contributed by atoms with Crippen LogP contribution in [0.3, 0.4) is 0 Å². The normalized spacial score (nSPS) is 24.7. The Balaban J connectivity index is 1.63. The number of hydrogen-bond donors (Lipinski definition) is 2. The molecule has 2 fully saturated rings. The van der Waals surface area contributed by atoms with E-state index in [2.05, 4.69) is 12.6 Å². The molecule has 2 aromatic rings. The first-order valence-corrected chi connectivity index (χ1v) is 11.5. The van der Waals surface area contributed by atoms with Crippen molar-refractivity contribution in [2.24, 2.45) is 0 Å². The molecule has 0 saturated carbocycles. The Kier molecular flexibility index (Phi) is 5.39. The number of piperidine rings is 1. The van der Waals surface area contributed by atoms with Gasteiger partial charge in [-0.15, -0.1) is 0 Å². The Morgan fingerprint density at radius 1 is 1.07 bits per heavy atom. The van der Waals surface area contributed by atoms with Crippen LogP contribution in [-0.4, -0.2) is 65.7 Å². The van der Waals surface area contributed by atoms with Crippen LogP contribution in [-0.2, 0) is 14.8 Å². The lowest BCUT2D eigenvalue weighted by Crippen LogP contribution is -2.50. The van der Waals surface area contributed by atoms with Crippen molar-refractivity contribution in [2.75, 3.05) is 19.6 Å². The molecular weight excluding hydrogens is 396 g/mol. The van der Waals surface area contributed by atoms with E-state index in [0.29, 0.717) is 32.4 Å². The van der Waals surface area contributed by atoms with Crippen LogP contribution in [0.1, 0.15) is 19.3 Å². The number of likely N-dealkylation sites (tertiary alicyclic amines) is 1. The van der Waals surface area contributed by atoms with Gasteiger partial charge in [0.1, 0.15) is 6.04 Å². The lowest BCUT2D eigenvalue weighted by Gasteiger charge is -2.33. The molecule has 28 heavy (non-hydrogen) atoms. The zero-order valence-electron chi connectivity index (χ0n) is 15.4. The number of carbonyl (C=O) groups is 1. The average molecular weight is 421 g/mol. The summed E-state index contributed by atoms with van der Waals surface area (Å²) in [6, 6.07) is 11.9. The van der Waals surface area contributed by atoms with Gasteiger partial charge in [-0.05, 0) is 42.2 Å². The topological polar surface area (TPSA) is 77.9 Å². The van der Waals surface area contributed by atoms with Crippen molar-refractivity contribution in [1.29, 1.82) is 0 Å². The third-order valence-electron chi connectivity index (χ3n) is 5.62. The van der Waals surface area contributed by atoms with Crippen LogP contribution in [0.25, 0.3) is 10.8 Å². The molecule has 2 aliphatic heterocycles. The highest BCUT2D eigenvalue weighted by molar-refractivity contribution is 7.89. The molecule has 2 saturated heterocycles. The van der Waals surface area contributed by atoms with E-state index in [1.165, 1.54) is 4.31 Å². The third kappa shape index (κ3) is 3.66. The molecule has 0 aliphatic carbocycles. The van der Waals surface area contributed by atoms with Gasteiger partial charge in [-0.2, -0.15) is 16.9 Å². The van der Waals surface area contributed by atoms with Crippen LogP contribution in [0.2, 0.25) is 0 Å². The summed E-state index contributed by atoms with van der Waals surface area (Å²) in [6.45, 7) is 1.13. The molecule has 2 aliphatic rings. The number of aliphatic hydroxyl groups is 1. The number of fused-ring (bicyclic) bond motifs is 1. The minimum atomic E-state index is -3.82. The van der Waals surface area contributed by atoms with Crippen molar-refractivity contribution >= 4 is 39.3 Å². The van der Waals surface area contributed by atoms with Crippen molar-refractivity contribution in [2.45, 2.75) is 41.6 Å². The first-order chi connectivity index (χ1) is 13.4. The third-order valence-corrected chi connectivity index (χ3v) is 7.87. The van der Waals surface area contributed by atoms with Crippen molar-refractivity contribution < 1.29 is 18.3 Å². The maximum Gasteiger partial charge on any atom is 0.243 e. The van der Waals surface area contributed by atoms with Gasteiger partial charge in [-0.1, -0.05) is 30.3 Å². The highest BCUT2D eigenvalue weighted by Gasteiger charge is 2.44. The number of aliphatic hydroxyl groups excluding tert-OH is 1. The van der Waals surface area contributed by atoms with E-state index in [1.54, 1.807) is 23.1 Å². The maximum absolute atomic E-state index is 13.4. The molecule has 1 N–H and O–H groups in total. The zero-order valence-corrected chi connectivity index (χ0v) is 17.1. The van der Waals surface area contributed by atoms with E-state index >= 15 is 0 Å². The van der Waals surface area contributed by atoms with Crippen molar-refractivity contribution in [3.8, 4) is 0 Å². The van der Waals surface area contributed by atoms with Gasteiger partial charge in [-0.3, -0.25) is 4.79 Å². The number of sulfonamides is 1. The first kappa shape index (κ1) is 19.7. The van der Waals surface area contributed by atoms with Crippen LogP contribution in [0.5, 0.6) is 0 Å². The molecule has 0 spiro atoms. The van der Waals surface area contributed by atoms with Gasteiger partial charge in [0.05, 0.1) is 11.0 Å². The number of nitrogens with zero attached hydrogens (tertiary/aromatic N) is 2. The van der Waals surface area contributed by atoms with Gasteiger partial charge < -0.3 is 10.0 Å². The Morgan fingerprint density at radius 2 is 1.75 bits per heavy atom. The monoisotopic (exact) mass is 420 g/mol. The predicted octanol–water partition coefficient (Wildman–Crippen LogP) is 1.88. The Labute approximate surface area is 170 Å². The van der Waals surface area contributed by atoms with E-state index in [4.69, 9.17) is 0 Å². The second-order valence-corrected chi connectivity index (χ2v) is 10.2. The largest absolute Gasteiger partial charge is 0.393 e. The van der Waals surface area contributed by atoms with Gasteiger partial charge in [-0.25, -0.2) is 8.42 Å². The van der Waals surface area contributed by atoms with Gasteiger partial charge in [0.25, 0.3) is 0 Å². The summed E-state index contributed by atoms with van der Waals surface area (Å²) >= 11 is 4.47. The summed E-state index contributed by atoms with van der Waals surface area (Å²) < 4.78 is 28.0. The minimum Gasteiger partial charge on any atom is -0.393 e. The van der Waals surface area contributed by atoms with Gasteiger partial charge in [0, 0.05) is 24.9 Å². The highest BCUT2D eigenvalue weighted by Crippen LogP contribution is 2.31. The predicted molar refractivity (Wildman–Crippen MR) is 111 cm³/mol. The van der Waals surface area contributed by atoms with E-state index in [1.807, 2.05) is 24.3 Å². The second-order valence-electron chi connectivity index (χ2n) is 7.55. The van der Waals surface area contributed by atoms with Crippen molar-refractivity contribution in [3.63, 3.8) is 0 Å². The highest BCUT2D eigenvalue weighted by atomic mass is 32.2. The number of carbonyl (C=O) groups excluding carboxylic acids is 1. The summed E-state index contributed by atoms with van der Waals surface area (Å²) in [5.41, 5.74) is 0. The molecule has 150 valence electrons. The number of thiol groups is 1. The molecule has 0 aromatic heterocycles. The molecule has 8 heteroatoms. The SMILES string of the molecule is O=C(C1CC(S)CN1S(=O)(=O)c1ccc2ccccc2c1)N1CCC(O)CC1. The zero-order chi connectivity index (χ0) is 19.9. The standard InChI is InChI=1S/C20H24N2O4S2/c23-16-7-9-21(10-8-16)20(24)19-12-17(27)13-22(19)28(25,26)18-6-5-14-3-1-2-4-15(14)11-18/h1-6,11,16-17,19,23,27H,7-10,12-13H2. The smallest absolute Gasteiger partial charge is 0.243 e. The van der Waals surface area contributed by atoms with Crippen LogP contribution in [0.15, 0.2) is 47.4 Å². The molecule has 0 radical (unpaired) electrons. The molecule has 6 nitrogen and oxygen atoms in total. The second kappa shape index (κ2) is 7.67. The summed E-state index contributed by atoms with van der Waals surface area (Å²) in [4.78, 5) is 14.9. The molecule has 4 rings (SSSR count). The Bertz CT molecular complexity index is 987. The quantitative estimate of drug-likeness (QED) is 0.744. The Morgan fingerprint density at radius 3 is 2.46 bits per heavy atom. The summed E-state index contributed by atoms with van der Waals surface area (Å²) in [7, 11) is -3.82. The minimum absolute atomic E-state index is 0.181. The van der Waals surface area contributed by atoms with Gasteiger partial charge >= 0.3 is 0 Å². The van der Waals surface area contributed by atoms with Crippen LogP contribution in [0, 0.1) is 0 Å². The van der Waals surface area contributed by atoms with E-state index < -0.39 is 16.1 Å². The fourth-order valence-corrected chi connectivity index (χ4v) is 6.19. The number of benzene rings is 2. The molecule has 2 heterocycles. The number of amides is 1. The lowest BCUT2D eigenvalue weighted by atomic mass is 10.1. The Hall–Kier alpha value is -1.61. The number of hydrogen-bond acceptors (Lipinski definition) is 5.